The SMILES string of the molecule is C[CH]COc1ccc2c(Nc3cc(CC(=O)Nc4cccc(F)c4)[nH]n3)ncnc2c1. The van der Waals surface area contributed by atoms with Crippen LogP contribution in [0.5, 0.6) is 5.75 Å². The molecular formula is C22H20FN6O2. The second kappa shape index (κ2) is 9.21. The molecule has 1 amide bonds. The van der Waals surface area contributed by atoms with E-state index in [1.165, 1.54) is 24.5 Å². The first-order valence-electron chi connectivity index (χ1n) is 9.63. The van der Waals surface area contributed by atoms with Gasteiger partial charge in [-0.3, -0.25) is 9.89 Å². The van der Waals surface area contributed by atoms with Gasteiger partial charge in [0.05, 0.1) is 18.5 Å². The lowest BCUT2D eigenvalue weighted by Crippen LogP contribution is -2.14. The van der Waals surface area contributed by atoms with Crippen LogP contribution < -0.4 is 15.4 Å². The number of halogens is 1. The molecule has 2 heterocycles. The second-order valence-electron chi connectivity index (χ2n) is 6.76. The number of nitrogens with zero attached hydrogens (tertiary/aromatic N) is 3. The minimum atomic E-state index is -0.412. The van der Waals surface area contributed by atoms with Gasteiger partial charge in [-0.1, -0.05) is 13.0 Å². The first-order chi connectivity index (χ1) is 15.1. The van der Waals surface area contributed by atoms with Gasteiger partial charge in [0.25, 0.3) is 0 Å². The largest absolute Gasteiger partial charge is 0.493 e. The van der Waals surface area contributed by atoms with Crippen molar-refractivity contribution in [3.63, 3.8) is 0 Å². The molecule has 1 radical (unpaired) electrons. The van der Waals surface area contributed by atoms with Crippen LogP contribution in [0.4, 0.5) is 21.7 Å². The maximum absolute atomic E-state index is 13.2. The number of aromatic nitrogens is 4. The van der Waals surface area contributed by atoms with Crippen molar-refractivity contribution in [2.75, 3.05) is 17.2 Å². The van der Waals surface area contributed by atoms with Gasteiger partial charge in [0, 0.05) is 28.9 Å². The summed E-state index contributed by atoms with van der Waals surface area (Å²) in [6.45, 7) is 2.44. The normalized spacial score (nSPS) is 10.8. The third-order valence-electron chi connectivity index (χ3n) is 4.36. The van der Waals surface area contributed by atoms with Crippen LogP contribution in [0.3, 0.4) is 0 Å². The van der Waals surface area contributed by atoms with Crippen molar-refractivity contribution in [1.29, 1.82) is 0 Å². The molecule has 4 aromatic rings. The molecule has 31 heavy (non-hydrogen) atoms. The number of carbonyl (C=O) groups is 1. The summed E-state index contributed by atoms with van der Waals surface area (Å²) in [5, 5.41) is 13.6. The highest BCUT2D eigenvalue weighted by Crippen LogP contribution is 2.26. The summed E-state index contributed by atoms with van der Waals surface area (Å²) < 4.78 is 18.8. The van der Waals surface area contributed by atoms with Gasteiger partial charge in [0.15, 0.2) is 5.82 Å². The summed E-state index contributed by atoms with van der Waals surface area (Å²) in [5.74, 6) is 1.12. The van der Waals surface area contributed by atoms with Crippen molar-refractivity contribution in [3.8, 4) is 5.75 Å². The lowest BCUT2D eigenvalue weighted by atomic mass is 10.2. The minimum Gasteiger partial charge on any atom is -0.493 e. The number of aromatic amines is 1. The third-order valence-corrected chi connectivity index (χ3v) is 4.36. The first kappa shape index (κ1) is 20.3. The molecule has 0 bridgehead atoms. The Hall–Kier alpha value is -4.01. The fourth-order valence-electron chi connectivity index (χ4n) is 2.99. The zero-order chi connectivity index (χ0) is 21.6. The Morgan fingerprint density at radius 2 is 2.10 bits per heavy atom. The number of rotatable bonds is 8. The molecule has 0 atom stereocenters. The van der Waals surface area contributed by atoms with Gasteiger partial charge in [-0.15, -0.1) is 0 Å². The van der Waals surface area contributed by atoms with Crippen LogP contribution in [-0.2, 0) is 11.2 Å². The number of benzene rings is 2. The fourth-order valence-corrected chi connectivity index (χ4v) is 2.99. The van der Waals surface area contributed by atoms with Crippen molar-refractivity contribution in [3.05, 3.63) is 72.8 Å². The van der Waals surface area contributed by atoms with Gasteiger partial charge in [0.1, 0.15) is 23.7 Å². The molecule has 2 aromatic carbocycles. The van der Waals surface area contributed by atoms with E-state index >= 15 is 0 Å². The van der Waals surface area contributed by atoms with Gasteiger partial charge in [-0.25, -0.2) is 14.4 Å². The maximum Gasteiger partial charge on any atom is 0.230 e. The smallest absolute Gasteiger partial charge is 0.230 e. The molecule has 157 valence electrons. The zero-order valence-corrected chi connectivity index (χ0v) is 16.7. The highest BCUT2D eigenvalue weighted by molar-refractivity contribution is 5.93. The Labute approximate surface area is 177 Å². The molecule has 0 spiro atoms. The van der Waals surface area contributed by atoms with Crippen LogP contribution in [0.15, 0.2) is 54.9 Å². The van der Waals surface area contributed by atoms with Crippen molar-refractivity contribution in [1.82, 2.24) is 20.2 Å². The van der Waals surface area contributed by atoms with Crippen LogP contribution in [0, 0.1) is 12.2 Å². The van der Waals surface area contributed by atoms with Crippen LogP contribution >= 0.6 is 0 Å². The Balaban J connectivity index is 1.43. The summed E-state index contributed by atoms with van der Waals surface area (Å²) in [7, 11) is 0. The van der Waals surface area contributed by atoms with Gasteiger partial charge in [-0.05, 0) is 36.8 Å². The molecule has 2 aromatic heterocycles. The first-order valence-corrected chi connectivity index (χ1v) is 9.63. The number of anilines is 3. The van der Waals surface area contributed by atoms with Crippen LogP contribution in [0.1, 0.15) is 12.6 Å². The number of H-pyrrole nitrogens is 1. The van der Waals surface area contributed by atoms with Crippen molar-refractivity contribution >= 4 is 34.1 Å². The molecule has 0 fully saturated rings. The van der Waals surface area contributed by atoms with Crippen molar-refractivity contribution in [2.24, 2.45) is 0 Å². The van der Waals surface area contributed by atoms with E-state index in [-0.39, 0.29) is 12.3 Å². The Morgan fingerprint density at radius 1 is 1.19 bits per heavy atom. The van der Waals surface area contributed by atoms with E-state index in [0.29, 0.717) is 29.6 Å². The Bertz CT molecular complexity index is 1210. The Morgan fingerprint density at radius 3 is 2.94 bits per heavy atom. The molecule has 8 nitrogen and oxygen atoms in total. The van der Waals surface area contributed by atoms with Crippen molar-refractivity contribution < 1.29 is 13.9 Å². The standard InChI is InChI=1S/C22H20FN6O2/c1-2-8-31-17-6-7-18-19(12-17)24-13-25-22(18)27-20-10-16(28-29-20)11-21(30)26-15-5-3-4-14(23)9-15/h2-7,9-10,12-13H,8,11H2,1H3,(H,26,30)(H2,24,25,27,28,29). The molecule has 0 saturated heterocycles. The summed E-state index contributed by atoms with van der Waals surface area (Å²) in [6, 6.07) is 13.0. The number of carbonyl (C=O) groups excluding carboxylic acids is 1. The van der Waals surface area contributed by atoms with E-state index in [0.717, 1.165) is 16.7 Å². The molecule has 0 aliphatic carbocycles. The number of nitrogens with one attached hydrogen (secondary N) is 3. The maximum atomic E-state index is 13.2. The third kappa shape index (κ3) is 5.13. The summed E-state index contributed by atoms with van der Waals surface area (Å²) in [4.78, 5) is 20.8. The molecule has 0 unspecified atom stereocenters. The van der Waals surface area contributed by atoms with E-state index in [1.54, 1.807) is 12.1 Å². The van der Waals surface area contributed by atoms with Crippen molar-refractivity contribution in [2.45, 2.75) is 13.3 Å². The van der Waals surface area contributed by atoms with E-state index in [4.69, 9.17) is 4.74 Å². The molecule has 3 N–H and O–H groups in total. The van der Waals surface area contributed by atoms with Gasteiger partial charge >= 0.3 is 0 Å². The lowest BCUT2D eigenvalue weighted by molar-refractivity contribution is -0.115. The van der Waals surface area contributed by atoms with E-state index in [1.807, 2.05) is 31.5 Å². The summed E-state index contributed by atoms with van der Waals surface area (Å²) >= 11 is 0. The topological polar surface area (TPSA) is 105 Å². The quantitative estimate of drug-likeness (QED) is 0.398. The van der Waals surface area contributed by atoms with Crippen LogP contribution in [0.2, 0.25) is 0 Å². The average molecular weight is 419 g/mol. The highest BCUT2D eigenvalue weighted by Gasteiger charge is 2.11. The number of amides is 1. The van der Waals surface area contributed by atoms with Gasteiger partial charge < -0.3 is 15.4 Å². The van der Waals surface area contributed by atoms with Crippen LogP contribution in [0.25, 0.3) is 10.9 Å². The predicted octanol–water partition coefficient (Wildman–Crippen LogP) is 4.02. The zero-order valence-electron chi connectivity index (χ0n) is 16.7. The Kier molecular flexibility index (Phi) is 6.02. The minimum absolute atomic E-state index is 0.0604. The second-order valence-corrected chi connectivity index (χ2v) is 6.76. The number of fused-ring (bicyclic) bond motifs is 1. The lowest BCUT2D eigenvalue weighted by Gasteiger charge is -2.08. The van der Waals surface area contributed by atoms with E-state index < -0.39 is 5.82 Å². The van der Waals surface area contributed by atoms with E-state index in [2.05, 4.69) is 30.8 Å². The molecule has 4 rings (SSSR count). The predicted molar refractivity (Wildman–Crippen MR) is 116 cm³/mol. The number of ether oxygens (including phenoxy) is 1. The monoisotopic (exact) mass is 419 g/mol. The number of hydrogen-bond acceptors (Lipinski definition) is 6. The molecule has 0 aliphatic rings. The molecular weight excluding hydrogens is 399 g/mol. The molecule has 0 saturated carbocycles. The highest BCUT2D eigenvalue weighted by atomic mass is 19.1. The summed E-state index contributed by atoms with van der Waals surface area (Å²) in [5.41, 5.74) is 1.73. The molecule has 9 heteroatoms. The molecule has 0 aliphatic heterocycles. The fraction of sp³-hybridized carbons (Fsp3) is 0.136. The van der Waals surface area contributed by atoms with Gasteiger partial charge in [0.2, 0.25) is 5.91 Å². The van der Waals surface area contributed by atoms with E-state index in [9.17, 15) is 9.18 Å². The average Bonchev–Trinajstić information content (AvgIpc) is 3.18. The summed E-state index contributed by atoms with van der Waals surface area (Å²) in [6.07, 6.45) is 3.44. The van der Waals surface area contributed by atoms with Gasteiger partial charge in [-0.2, -0.15) is 5.10 Å². The number of hydrogen-bond donors (Lipinski definition) is 3. The van der Waals surface area contributed by atoms with Crippen LogP contribution in [-0.4, -0.2) is 32.7 Å².